The molecule has 1 aromatic carbocycles. The number of halogens is 1. The van der Waals surface area contributed by atoms with Gasteiger partial charge in [-0.1, -0.05) is 11.6 Å². The number of ether oxygens (including phenoxy) is 2. The molecule has 0 spiro atoms. The van der Waals surface area contributed by atoms with Crippen LogP contribution in [0, 0.1) is 6.92 Å². The molecule has 1 aliphatic heterocycles. The maximum atomic E-state index is 8.88. The second-order valence-electron chi connectivity index (χ2n) is 3.76. The van der Waals surface area contributed by atoms with Crippen LogP contribution < -0.4 is 15.2 Å². The summed E-state index contributed by atoms with van der Waals surface area (Å²) in [4.78, 5) is 0. The molecule has 1 aromatic rings. The zero-order valence-corrected chi connectivity index (χ0v) is 9.75. The zero-order chi connectivity index (χ0) is 11.7. The molecule has 1 unspecified atom stereocenters. The summed E-state index contributed by atoms with van der Waals surface area (Å²) in [5.41, 5.74) is 7.77. The molecule has 88 valence electrons. The molecule has 5 heteroatoms. The number of hydrogen-bond donors (Lipinski definition) is 2. The average Bonchev–Trinajstić information content (AvgIpc) is 2.73. The minimum atomic E-state index is -0.239. The van der Waals surface area contributed by atoms with Crippen molar-refractivity contribution in [3.05, 3.63) is 22.2 Å². The Morgan fingerprint density at radius 3 is 2.88 bits per heavy atom. The third kappa shape index (κ3) is 1.84. The van der Waals surface area contributed by atoms with Gasteiger partial charge in [0.1, 0.15) is 0 Å². The zero-order valence-electron chi connectivity index (χ0n) is 9.00. The number of nitrogens with two attached hydrogens (primary N) is 1. The lowest BCUT2D eigenvalue weighted by Crippen LogP contribution is -2.13. The van der Waals surface area contributed by atoms with Crippen LogP contribution in [-0.4, -0.2) is 18.5 Å². The summed E-state index contributed by atoms with van der Waals surface area (Å²) in [6, 6.07) is 1.54. The molecule has 0 saturated heterocycles. The number of aliphatic hydroxyl groups excluding tert-OH is 1. The molecule has 2 rings (SSSR count). The average molecular weight is 244 g/mol. The Bertz CT molecular complexity index is 409. The van der Waals surface area contributed by atoms with Crippen LogP contribution in [0.3, 0.4) is 0 Å². The summed E-state index contributed by atoms with van der Waals surface area (Å²) >= 11 is 6.07. The molecule has 0 radical (unpaired) electrons. The van der Waals surface area contributed by atoms with Crippen molar-refractivity contribution < 1.29 is 14.6 Å². The minimum absolute atomic E-state index is 0.0483. The van der Waals surface area contributed by atoms with E-state index in [1.165, 1.54) is 0 Å². The Labute approximate surface area is 98.9 Å². The Balaban J connectivity index is 2.44. The molecule has 0 aromatic heterocycles. The smallest absolute Gasteiger partial charge is 0.231 e. The van der Waals surface area contributed by atoms with Crippen molar-refractivity contribution in [1.82, 2.24) is 0 Å². The molecule has 4 nitrogen and oxygen atoms in total. The van der Waals surface area contributed by atoms with Gasteiger partial charge in [-0.25, -0.2) is 0 Å². The van der Waals surface area contributed by atoms with Crippen LogP contribution in [-0.2, 0) is 0 Å². The van der Waals surface area contributed by atoms with Gasteiger partial charge in [0.25, 0.3) is 0 Å². The quantitative estimate of drug-likeness (QED) is 0.849. The molecule has 1 heterocycles. The van der Waals surface area contributed by atoms with Crippen LogP contribution in [0.5, 0.6) is 11.5 Å². The van der Waals surface area contributed by atoms with Gasteiger partial charge in [-0.3, -0.25) is 0 Å². The van der Waals surface area contributed by atoms with E-state index < -0.39 is 0 Å². The number of hydrogen-bond acceptors (Lipinski definition) is 4. The topological polar surface area (TPSA) is 64.7 Å². The number of benzene rings is 1. The highest BCUT2D eigenvalue weighted by atomic mass is 35.5. The SMILES string of the molecule is Cc1c(C(N)CCO)cc(Cl)c2c1OCO2. The molecule has 3 N–H and O–H groups in total. The molecule has 1 aliphatic rings. The van der Waals surface area contributed by atoms with E-state index in [9.17, 15) is 0 Å². The fourth-order valence-electron chi connectivity index (χ4n) is 1.86. The van der Waals surface area contributed by atoms with Gasteiger partial charge < -0.3 is 20.3 Å². The lowest BCUT2D eigenvalue weighted by atomic mass is 9.98. The predicted molar refractivity (Wildman–Crippen MR) is 60.9 cm³/mol. The van der Waals surface area contributed by atoms with Gasteiger partial charge in [0, 0.05) is 12.6 Å². The summed E-state index contributed by atoms with van der Waals surface area (Å²) in [5.74, 6) is 1.25. The Morgan fingerprint density at radius 2 is 2.19 bits per heavy atom. The first kappa shape index (κ1) is 11.5. The lowest BCUT2D eigenvalue weighted by molar-refractivity contribution is 0.173. The maximum Gasteiger partial charge on any atom is 0.231 e. The Kier molecular flexibility index (Phi) is 3.23. The second-order valence-corrected chi connectivity index (χ2v) is 4.16. The van der Waals surface area contributed by atoms with Crippen molar-refractivity contribution in [2.75, 3.05) is 13.4 Å². The third-order valence-electron chi connectivity index (χ3n) is 2.73. The number of fused-ring (bicyclic) bond motifs is 1. The summed E-state index contributed by atoms with van der Waals surface area (Å²) in [6.07, 6.45) is 0.497. The molecule has 16 heavy (non-hydrogen) atoms. The second kappa shape index (κ2) is 4.49. The van der Waals surface area contributed by atoms with Crippen LogP contribution in [0.2, 0.25) is 5.02 Å². The molecule has 0 bridgehead atoms. The fraction of sp³-hybridized carbons (Fsp3) is 0.455. The van der Waals surface area contributed by atoms with E-state index in [4.69, 9.17) is 31.9 Å². The normalized spacial score (nSPS) is 15.2. The van der Waals surface area contributed by atoms with E-state index in [0.29, 0.717) is 22.9 Å². The fourth-order valence-corrected chi connectivity index (χ4v) is 2.11. The van der Waals surface area contributed by atoms with E-state index in [-0.39, 0.29) is 19.4 Å². The highest BCUT2D eigenvalue weighted by Crippen LogP contribution is 2.44. The van der Waals surface area contributed by atoms with Gasteiger partial charge >= 0.3 is 0 Å². The summed E-state index contributed by atoms with van der Waals surface area (Å²) in [7, 11) is 0. The summed E-state index contributed by atoms with van der Waals surface area (Å²) in [5, 5.41) is 9.38. The van der Waals surface area contributed by atoms with Gasteiger partial charge in [-0.05, 0) is 30.5 Å². The van der Waals surface area contributed by atoms with E-state index in [1.807, 2.05) is 6.92 Å². The van der Waals surface area contributed by atoms with Crippen LogP contribution in [0.4, 0.5) is 0 Å². The van der Waals surface area contributed by atoms with Crippen molar-refractivity contribution in [1.29, 1.82) is 0 Å². The Hall–Kier alpha value is -0.970. The summed E-state index contributed by atoms with van der Waals surface area (Å²) in [6.45, 7) is 2.15. The van der Waals surface area contributed by atoms with Crippen LogP contribution >= 0.6 is 11.6 Å². The first-order valence-electron chi connectivity index (χ1n) is 5.10. The van der Waals surface area contributed by atoms with Crippen LogP contribution in [0.15, 0.2) is 6.07 Å². The number of rotatable bonds is 3. The van der Waals surface area contributed by atoms with Crippen molar-refractivity contribution in [3.8, 4) is 11.5 Å². The van der Waals surface area contributed by atoms with Crippen LogP contribution in [0.25, 0.3) is 0 Å². The largest absolute Gasteiger partial charge is 0.453 e. The first-order chi connectivity index (χ1) is 7.65. The maximum absolute atomic E-state index is 8.88. The van der Waals surface area contributed by atoms with Gasteiger partial charge in [0.15, 0.2) is 11.5 Å². The standard InChI is InChI=1S/C11H14ClNO3/c1-6-7(9(13)2-3-14)4-8(12)11-10(6)15-5-16-11/h4,9,14H,2-3,5,13H2,1H3. The van der Waals surface area contributed by atoms with Gasteiger partial charge in [-0.15, -0.1) is 0 Å². The van der Waals surface area contributed by atoms with Crippen molar-refractivity contribution >= 4 is 11.6 Å². The van der Waals surface area contributed by atoms with Crippen LogP contribution in [0.1, 0.15) is 23.6 Å². The van der Waals surface area contributed by atoms with Crippen molar-refractivity contribution in [3.63, 3.8) is 0 Å². The molecular formula is C11H14ClNO3. The minimum Gasteiger partial charge on any atom is -0.453 e. The third-order valence-corrected chi connectivity index (χ3v) is 3.01. The van der Waals surface area contributed by atoms with Gasteiger partial charge in [-0.2, -0.15) is 0 Å². The Morgan fingerprint density at radius 1 is 1.50 bits per heavy atom. The molecule has 1 atom stereocenters. The monoisotopic (exact) mass is 243 g/mol. The molecular weight excluding hydrogens is 230 g/mol. The van der Waals surface area contributed by atoms with Crippen molar-refractivity contribution in [2.24, 2.45) is 5.73 Å². The predicted octanol–water partition coefficient (Wildman–Crippen LogP) is 1.76. The molecule has 0 saturated carbocycles. The molecule has 0 fully saturated rings. The highest BCUT2D eigenvalue weighted by molar-refractivity contribution is 6.32. The highest BCUT2D eigenvalue weighted by Gasteiger charge is 2.24. The van der Waals surface area contributed by atoms with E-state index in [1.54, 1.807) is 6.07 Å². The van der Waals surface area contributed by atoms with E-state index in [0.717, 1.165) is 11.1 Å². The lowest BCUT2D eigenvalue weighted by Gasteiger charge is -2.15. The number of aliphatic hydroxyl groups is 1. The first-order valence-corrected chi connectivity index (χ1v) is 5.48. The van der Waals surface area contributed by atoms with E-state index in [2.05, 4.69) is 0 Å². The summed E-state index contributed by atoms with van der Waals surface area (Å²) < 4.78 is 10.6. The van der Waals surface area contributed by atoms with Crippen molar-refractivity contribution in [2.45, 2.75) is 19.4 Å². The molecule has 0 aliphatic carbocycles. The van der Waals surface area contributed by atoms with Gasteiger partial charge in [0.2, 0.25) is 6.79 Å². The van der Waals surface area contributed by atoms with E-state index >= 15 is 0 Å². The molecule has 0 amide bonds. The van der Waals surface area contributed by atoms with Gasteiger partial charge in [0.05, 0.1) is 5.02 Å².